The van der Waals surface area contributed by atoms with Crippen molar-refractivity contribution in [2.75, 3.05) is 5.32 Å². The number of aromatic nitrogens is 3. The summed E-state index contributed by atoms with van der Waals surface area (Å²) in [5, 5.41) is 11.2. The van der Waals surface area contributed by atoms with Crippen molar-refractivity contribution in [3.05, 3.63) is 81.0 Å². The van der Waals surface area contributed by atoms with Crippen LogP contribution in [0.1, 0.15) is 28.9 Å². The van der Waals surface area contributed by atoms with E-state index >= 15 is 0 Å². The van der Waals surface area contributed by atoms with Crippen LogP contribution in [0.3, 0.4) is 0 Å². The maximum Gasteiger partial charge on any atom is 0.281 e. The monoisotopic (exact) mass is 467 g/mol. The standard InChI is InChI=1S/C22H18FN5O4S/c1-12-9-18(30)20(27-28(12)17-6-4-3-5-15(17)23)21(31)26-22-25-16(11-33-22)19-8-7-14(32-19)10-24-13(2)29/h3-9,11H,10H2,1-2H3,(H,24,29)(H,25,26,31). The minimum absolute atomic E-state index is 0.119. The fourth-order valence-corrected chi connectivity index (χ4v) is 3.69. The van der Waals surface area contributed by atoms with E-state index in [9.17, 15) is 18.8 Å². The zero-order valence-corrected chi connectivity index (χ0v) is 18.4. The van der Waals surface area contributed by atoms with Crippen molar-refractivity contribution >= 4 is 28.3 Å². The predicted octanol–water partition coefficient (Wildman–Crippen LogP) is 3.28. The van der Waals surface area contributed by atoms with E-state index in [0.717, 1.165) is 11.3 Å². The van der Waals surface area contributed by atoms with Crippen LogP contribution in [0, 0.1) is 12.7 Å². The van der Waals surface area contributed by atoms with E-state index in [-0.39, 0.29) is 23.3 Å². The van der Waals surface area contributed by atoms with Gasteiger partial charge >= 0.3 is 0 Å². The van der Waals surface area contributed by atoms with E-state index < -0.39 is 22.8 Å². The molecule has 0 aliphatic carbocycles. The average Bonchev–Trinajstić information content (AvgIpc) is 3.42. The predicted molar refractivity (Wildman–Crippen MR) is 120 cm³/mol. The third-order valence-corrected chi connectivity index (χ3v) is 5.31. The van der Waals surface area contributed by atoms with Crippen LogP contribution in [0.2, 0.25) is 0 Å². The molecule has 11 heteroatoms. The van der Waals surface area contributed by atoms with Gasteiger partial charge < -0.3 is 9.73 Å². The number of halogens is 1. The summed E-state index contributed by atoms with van der Waals surface area (Å²) >= 11 is 1.14. The minimum atomic E-state index is -0.767. The maximum absolute atomic E-state index is 14.2. The topological polar surface area (TPSA) is 119 Å². The Morgan fingerprint density at radius 1 is 1.21 bits per heavy atom. The first kappa shape index (κ1) is 22.1. The summed E-state index contributed by atoms with van der Waals surface area (Å²) in [6, 6.07) is 10.6. The number of nitrogens with one attached hydrogen (secondary N) is 2. The van der Waals surface area contributed by atoms with Crippen LogP contribution in [0.25, 0.3) is 17.1 Å². The second-order valence-corrected chi connectivity index (χ2v) is 7.89. The van der Waals surface area contributed by atoms with Crippen molar-refractivity contribution in [3.8, 4) is 17.1 Å². The highest BCUT2D eigenvalue weighted by atomic mass is 32.1. The second-order valence-electron chi connectivity index (χ2n) is 7.03. The van der Waals surface area contributed by atoms with Gasteiger partial charge in [-0.2, -0.15) is 5.10 Å². The lowest BCUT2D eigenvalue weighted by Gasteiger charge is -2.11. The number of hydrogen-bond donors (Lipinski definition) is 2. The molecule has 4 aromatic rings. The number of carbonyl (C=O) groups excluding carboxylic acids is 2. The van der Waals surface area contributed by atoms with Crippen LogP contribution in [0.4, 0.5) is 9.52 Å². The number of furan rings is 1. The van der Waals surface area contributed by atoms with E-state index in [1.165, 1.54) is 35.9 Å². The number of para-hydroxylation sites is 1. The lowest BCUT2D eigenvalue weighted by molar-refractivity contribution is -0.119. The number of amides is 2. The first-order chi connectivity index (χ1) is 15.8. The Kier molecular flexibility index (Phi) is 6.13. The molecule has 2 amide bonds. The molecule has 33 heavy (non-hydrogen) atoms. The van der Waals surface area contributed by atoms with Gasteiger partial charge in [0.2, 0.25) is 11.3 Å². The fourth-order valence-electron chi connectivity index (χ4n) is 2.99. The zero-order valence-electron chi connectivity index (χ0n) is 17.6. The number of nitrogens with zero attached hydrogens (tertiary/aromatic N) is 3. The molecule has 0 saturated carbocycles. The molecule has 3 heterocycles. The summed E-state index contributed by atoms with van der Waals surface area (Å²) in [7, 11) is 0. The summed E-state index contributed by atoms with van der Waals surface area (Å²) in [5.74, 6) is -0.468. The lowest BCUT2D eigenvalue weighted by atomic mass is 10.2. The zero-order chi connectivity index (χ0) is 23.5. The van der Waals surface area contributed by atoms with Crippen LogP contribution < -0.4 is 16.1 Å². The Hall–Kier alpha value is -4.12. The molecule has 0 bridgehead atoms. The fraction of sp³-hybridized carbons (Fsp3) is 0.136. The van der Waals surface area contributed by atoms with Crippen molar-refractivity contribution in [3.63, 3.8) is 0 Å². The number of aryl methyl sites for hydroxylation is 1. The second kappa shape index (κ2) is 9.17. The Morgan fingerprint density at radius 3 is 2.76 bits per heavy atom. The van der Waals surface area contributed by atoms with Crippen molar-refractivity contribution in [2.24, 2.45) is 0 Å². The number of thiazole rings is 1. The van der Waals surface area contributed by atoms with Gasteiger partial charge in [0.1, 0.15) is 23.0 Å². The highest BCUT2D eigenvalue weighted by Crippen LogP contribution is 2.26. The van der Waals surface area contributed by atoms with Crippen molar-refractivity contribution in [2.45, 2.75) is 20.4 Å². The van der Waals surface area contributed by atoms with Crippen LogP contribution in [0.5, 0.6) is 0 Å². The third-order valence-electron chi connectivity index (χ3n) is 4.55. The van der Waals surface area contributed by atoms with Gasteiger partial charge in [-0.1, -0.05) is 12.1 Å². The smallest absolute Gasteiger partial charge is 0.281 e. The highest BCUT2D eigenvalue weighted by molar-refractivity contribution is 7.14. The van der Waals surface area contributed by atoms with Gasteiger partial charge in [-0.3, -0.25) is 19.7 Å². The van der Waals surface area contributed by atoms with E-state index in [2.05, 4.69) is 20.7 Å². The van der Waals surface area contributed by atoms with Crippen LogP contribution in [-0.4, -0.2) is 26.6 Å². The summed E-state index contributed by atoms with van der Waals surface area (Å²) < 4.78 is 21.1. The van der Waals surface area contributed by atoms with E-state index in [1.807, 2.05) is 0 Å². The van der Waals surface area contributed by atoms with Gasteiger partial charge in [0.05, 0.1) is 6.54 Å². The molecule has 4 rings (SSSR count). The SMILES string of the molecule is CC(=O)NCc1ccc(-c2csc(NC(=O)c3nn(-c4ccccc4F)c(C)cc3=O)n2)o1. The van der Waals surface area contributed by atoms with Gasteiger partial charge in [0.25, 0.3) is 5.91 Å². The van der Waals surface area contributed by atoms with Crippen LogP contribution in [0.15, 0.2) is 57.1 Å². The van der Waals surface area contributed by atoms with Gasteiger partial charge in [-0.05, 0) is 31.2 Å². The molecule has 0 atom stereocenters. The molecule has 2 N–H and O–H groups in total. The number of benzene rings is 1. The maximum atomic E-state index is 14.2. The molecular formula is C22H18FN5O4S. The van der Waals surface area contributed by atoms with E-state index in [4.69, 9.17) is 4.42 Å². The number of carbonyl (C=O) groups is 2. The molecule has 168 valence electrons. The van der Waals surface area contributed by atoms with Gasteiger partial charge in [-0.25, -0.2) is 14.1 Å². The molecule has 0 unspecified atom stereocenters. The van der Waals surface area contributed by atoms with Crippen molar-refractivity contribution in [1.29, 1.82) is 0 Å². The number of hydrogen-bond acceptors (Lipinski definition) is 7. The van der Waals surface area contributed by atoms with E-state index in [0.29, 0.717) is 22.9 Å². The summed E-state index contributed by atoms with van der Waals surface area (Å²) in [4.78, 5) is 40.5. The first-order valence-corrected chi connectivity index (χ1v) is 10.7. The summed E-state index contributed by atoms with van der Waals surface area (Å²) in [5.41, 5.74) is -0.0104. The van der Waals surface area contributed by atoms with Crippen molar-refractivity contribution in [1.82, 2.24) is 20.1 Å². The molecule has 0 aliphatic rings. The average molecular weight is 467 g/mol. The summed E-state index contributed by atoms with van der Waals surface area (Å²) in [6.07, 6.45) is 0. The molecule has 9 nitrogen and oxygen atoms in total. The largest absolute Gasteiger partial charge is 0.458 e. The van der Waals surface area contributed by atoms with Gasteiger partial charge in [-0.15, -0.1) is 11.3 Å². The van der Waals surface area contributed by atoms with Crippen LogP contribution in [-0.2, 0) is 11.3 Å². The minimum Gasteiger partial charge on any atom is -0.458 e. The molecule has 0 radical (unpaired) electrons. The summed E-state index contributed by atoms with van der Waals surface area (Å²) in [6.45, 7) is 3.25. The van der Waals surface area contributed by atoms with Crippen molar-refractivity contribution < 1.29 is 18.4 Å². The number of anilines is 1. The quantitative estimate of drug-likeness (QED) is 0.449. The lowest BCUT2D eigenvalue weighted by Crippen LogP contribution is -2.27. The first-order valence-electron chi connectivity index (χ1n) is 9.78. The molecule has 0 saturated heterocycles. The Labute approximate surface area is 190 Å². The normalized spacial score (nSPS) is 10.8. The van der Waals surface area contributed by atoms with Crippen LogP contribution >= 0.6 is 11.3 Å². The Bertz CT molecular complexity index is 1410. The molecule has 0 fully saturated rings. The molecule has 3 aromatic heterocycles. The molecule has 1 aromatic carbocycles. The molecular weight excluding hydrogens is 449 g/mol. The van der Waals surface area contributed by atoms with E-state index in [1.54, 1.807) is 30.5 Å². The van der Waals surface area contributed by atoms with Gasteiger partial charge in [0, 0.05) is 24.1 Å². The Balaban J connectivity index is 1.54. The Morgan fingerprint density at radius 2 is 2.00 bits per heavy atom. The third kappa shape index (κ3) is 4.88. The number of rotatable bonds is 6. The highest BCUT2D eigenvalue weighted by Gasteiger charge is 2.19. The molecule has 0 aliphatic heterocycles. The molecule has 0 spiro atoms. The van der Waals surface area contributed by atoms with Gasteiger partial charge in [0.15, 0.2) is 16.6 Å².